The zero-order chi connectivity index (χ0) is 15.8. The number of aliphatic hydroxyl groups is 1. The Kier molecular flexibility index (Phi) is 4.53. The largest absolute Gasteiger partial charge is 0.393 e. The first-order valence-corrected chi connectivity index (χ1v) is 9.91. The maximum atomic E-state index is 12.6. The Morgan fingerprint density at radius 3 is 2.57 bits per heavy atom. The number of rotatable bonds is 3. The molecule has 4 heteroatoms. The number of amides is 2. The molecule has 2 N–H and O–H groups in total. The molecule has 1 heterocycles. The Hall–Kier alpha value is -0.770. The predicted octanol–water partition coefficient (Wildman–Crippen LogP) is 3.01. The second kappa shape index (κ2) is 6.62. The van der Waals surface area contributed by atoms with Crippen molar-refractivity contribution in [3.63, 3.8) is 0 Å². The lowest BCUT2D eigenvalue weighted by atomic mass is 9.82. The van der Waals surface area contributed by atoms with Crippen molar-refractivity contribution in [1.82, 2.24) is 10.2 Å². The molecule has 0 spiro atoms. The van der Waals surface area contributed by atoms with Crippen LogP contribution in [0, 0.1) is 29.6 Å². The Morgan fingerprint density at radius 2 is 1.87 bits per heavy atom. The van der Waals surface area contributed by atoms with Crippen LogP contribution < -0.4 is 5.32 Å². The van der Waals surface area contributed by atoms with Crippen LogP contribution in [0.1, 0.15) is 57.8 Å². The van der Waals surface area contributed by atoms with E-state index in [1.54, 1.807) is 0 Å². The summed E-state index contributed by atoms with van der Waals surface area (Å²) in [5.74, 6) is 3.47. The third-order valence-electron chi connectivity index (χ3n) is 7.31. The number of carbonyl (C=O) groups is 1. The quantitative estimate of drug-likeness (QED) is 0.840. The molecule has 2 amide bonds. The van der Waals surface area contributed by atoms with E-state index in [1.807, 2.05) is 4.90 Å². The number of nitrogens with zero attached hydrogens (tertiary/aromatic N) is 1. The van der Waals surface area contributed by atoms with Crippen LogP contribution in [0.5, 0.6) is 0 Å². The molecular weight excluding hydrogens is 288 g/mol. The van der Waals surface area contributed by atoms with Crippen molar-refractivity contribution in [2.75, 3.05) is 19.6 Å². The molecule has 23 heavy (non-hydrogen) atoms. The van der Waals surface area contributed by atoms with Gasteiger partial charge in [-0.2, -0.15) is 0 Å². The van der Waals surface area contributed by atoms with Gasteiger partial charge in [0.1, 0.15) is 0 Å². The minimum Gasteiger partial charge on any atom is -0.393 e. The number of hydrogen-bond acceptors (Lipinski definition) is 2. The number of carbonyl (C=O) groups excluding carboxylic acids is 1. The van der Waals surface area contributed by atoms with Crippen LogP contribution in [0.3, 0.4) is 0 Å². The maximum Gasteiger partial charge on any atom is 0.317 e. The fourth-order valence-electron chi connectivity index (χ4n) is 5.96. The summed E-state index contributed by atoms with van der Waals surface area (Å²) in [6, 6.07) is 0.114. The van der Waals surface area contributed by atoms with Crippen LogP contribution in [-0.4, -0.2) is 41.8 Å². The predicted molar refractivity (Wildman–Crippen MR) is 90.0 cm³/mol. The minimum atomic E-state index is -0.201. The molecule has 1 aliphatic heterocycles. The van der Waals surface area contributed by atoms with E-state index in [9.17, 15) is 9.90 Å². The lowest BCUT2D eigenvalue weighted by Gasteiger charge is -2.39. The standard InChI is InChI=1S/C19H32N2O2/c22-18-7-8-21(12-17(18)14-3-1-2-4-14)19(23)20-11-16-10-13-5-6-15(16)9-13/h13-18,22H,1-12H2,(H,20,23)/t13?,15?,16?,17-,18+/m0/s1. The fraction of sp³-hybridized carbons (Fsp3) is 0.947. The average molecular weight is 320 g/mol. The Balaban J connectivity index is 1.28. The molecule has 130 valence electrons. The summed E-state index contributed by atoms with van der Waals surface area (Å²) in [6.45, 7) is 2.34. The Labute approximate surface area is 140 Å². The van der Waals surface area contributed by atoms with Gasteiger partial charge in [-0.05, 0) is 49.4 Å². The Morgan fingerprint density at radius 1 is 1.04 bits per heavy atom. The first kappa shape index (κ1) is 15.7. The molecular formula is C19H32N2O2. The highest BCUT2D eigenvalue weighted by Gasteiger charge is 2.40. The summed E-state index contributed by atoms with van der Waals surface area (Å²) in [4.78, 5) is 14.5. The number of hydrogen-bond donors (Lipinski definition) is 2. The zero-order valence-corrected chi connectivity index (χ0v) is 14.3. The molecule has 5 atom stereocenters. The number of likely N-dealkylation sites (tertiary alicyclic amines) is 1. The minimum absolute atomic E-state index is 0.114. The van der Waals surface area contributed by atoms with Crippen molar-refractivity contribution in [3.05, 3.63) is 0 Å². The highest BCUT2D eigenvalue weighted by Crippen LogP contribution is 2.48. The number of urea groups is 1. The van der Waals surface area contributed by atoms with Gasteiger partial charge in [0.25, 0.3) is 0 Å². The van der Waals surface area contributed by atoms with Crippen LogP contribution in [0.2, 0.25) is 0 Å². The topological polar surface area (TPSA) is 52.6 Å². The molecule has 4 rings (SSSR count). The Bertz CT molecular complexity index is 435. The van der Waals surface area contributed by atoms with Gasteiger partial charge in [0.05, 0.1) is 6.10 Å². The SMILES string of the molecule is O=C(NCC1CC2CCC1C2)N1CC[C@@H](O)[C@H](C2CCCC2)C1. The molecule has 0 aromatic rings. The van der Waals surface area contributed by atoms with Crippen molar-refractivity contribution in [2.24, 2.45) is 29.6 Å². The lowest BCUT2D eigenvalue weighted by molar-refractivity contribution is 0.0124. The van der Waals surface area contributed by atoms with E-state index >= 15 is 0 Å². The van der Waals surface area contributed by atoms with E-state index < -0.39 is 0 Å². The summed E-state index contributed by atoms with van der Waals surface area (Å²) in [6.07, 6.45) is 11.1. The molecule has 3 aliphatic carbocycles. The van der Waals surface area contributed by atoms with Gasteiger partial charge in [0.2, 0.25) is 0 Å². The zero-order valence-electron chi connectivity index (χ0n) is 14.3. The van der Waals surface area contributed by atoms with E-state index in [-0.39, 0.29) is 12.1 Å². The summed E-state index contributed by atoms with van der Waals surface area (Å²) in [5.41, 5.74) is 0. The normalized spacial score (nSPS) is 40.7. The first-order valence-electron chi connectivity index (χ1n) is 9.91. The average Bonchev–Trinajstić information content (AvgIpc) is 3.30. The molecule has 2 bridgehead atoms. The van der Waals surface area contributed by atoms with E-state index in [0.717, 1.165) is 37.3 Å². The van der Waals surface area contributed by atoms with Crippen molar-refractivity contribution in [3.8, 4) is 0 Å². The van der Waals surface area contributed by atoms with Gasteiger partial charge in [0, 0.05) is 25.6 Å². The van der Waals surface area contributed by atoms with Gasteiger partial charge in [-0.3, -0.25) is 0 Å². The smallest absolute Gasteiger partial charge is 0.317 e. The van der Waals surface area contributed by atoms with E-state index in [4.69, 9.17) is 0 Å². The molecule has 4 aliphatic rings. The molecule has 4 fully saturated rings. The second-order valence-corrected chi connectivity index (χ2v) is 8.63. The van der Waals surface area contributed by atoms with Crippen molar-refractivity contribution >= 4 is 6.03 Å². The summed E-state index contributed by atoms with van der Waals surface area (Å²) < 4.78 is 0. The highest BCUT2D eigenvalue weighted by atomic mass is 16.3. The van der Waals surface area contributed by atoms with Crippen LogP contribution in [0.25, 0.3) is 0 Å². The summed E-state index contributed by atoms with van der Waals surface area (Å²) in [7, 11) is 0. The number of aliphatic hydroxyl groups excluding tert-OH is 1. The fourth-order valence-corrected chi connectivity index (χ4v) is 5.96. The highest BCUT2D eigenvalue weighted by molar-refractivity contribution is 5.74. The number of nitrogens with one attached hydrogen (secondary N) is 1. The van der Waals surface area contributed by atoms with Gasteiger partial charge in [-0.25, -0.2) is 4.79 Å². The van der Waals surface area contributed by atoms with Gasteiger partial charge in [-0.1, -0.05) is 32.1 Å². The van der Waals surface area contributed by atoms with Crippen LogP contribution in [0.4, 0.5) is 4.79 Å². The van der Waals surface area contributed by atoms with Crippen LogP contribution in [0.15, 0.2) is 0 Å². The lowest BCUT2D eigenvalue weighted by Crippen LogP contribution is -2.52. The molecule has 0 aromatic heterocycles. The van der Waals surface area contributed by atoms with Crippen molar-refractivity contribution in [2.45, 2.75) is 63.9 Å². The molecule has 3 saturated carbocycles. The third kappa shape index (κ3) is 3.24. The van der Waals surface area contributed by atoms with Gasteiger partial charge < -0.3 is 15.3 Å². The maximum absolute atomic E-state index is 12.6. The van der Waals surface area contributed by atoms with E-state index in [0.29, 0.717) is 18.4 Å². The third-order valence-corrected chi connectivity index (χ3v) is 7.31. The number of piperidine rings is 1. The van der Waals surface area contributed by atoms with Crippen molar-refractivity contribution < 1.29 is 9.90 Å². The van der Waals surface area contributed by atoms with E-state index in [2.05, 4.69) is 5.32 Å². The molecule has 4 nitrogen and oxygen atoms in total. The van der Waals surface area contributed by atoms with Gasteiger partial charge >= 0.3 is 6.03 Å². The molecule has 1 saturated heterocycles. The van der Waals surface area contributed by atoms with Crippen LogP contribution >= 0.6 is 0 Å². The second-order valence-electron chi connectivity index (χ2n) is 8.63. The van der Waals surface area contributed by atoms with Crippen molar-refractivity contribution in [1.29, 1.82) is 0 Å². The van der Waals surface area contributed by atoms with Crippen LogP contribution in [-0.2, 0) is 0 Å². The number of fused-ring (bicyclic) bond motifs is 2. The summed E-state index contributed by atoms with van der Waals surface area (Å²) in [5, 5.41) is 13.6. The molecule has 0 aromatic carbocycles. The monoisotopic (exact) mass is 320 g/mol. The van der Waals surface area contributed by atoms with Gasteiger partial charge in [-0.15, -0.1) is 0 Å². The van der Waals surface area contributed by atoms with Gasteiger partial charge in [0.15, 0.2) is 0 Å². The summed E-state index contributed by atoms with van der Waals surface area (Å²) >= 11 is 0. The van der Waals surface area contributed by atoms with E-state index in [1.165, 1.54) is 51.4 Å². The molecule has 0 radical (unpaired) electrons. The molecule has 3 unspecified atom stereocenters. The first-order chi connectivity index (χ1) is 11.2.